The number of anilines is 1. The number of rotatable bonds is 6. The summed E-state index contributed by atoms with van der Waals surface area (Å²) in [6, 6.07) is 19.7. The zero-order chi connectivity index (χ0) is 23.0. The number of hydrogen-bond donors (Lipinski definition) is 1. The van der Waals surface area contributed by atoms with Crippen LogP contribution in [-0.2, 0) is 16.4 Å². The number of fused-ring (bicyclic) bond motifs is 2. The van der Waals surface area contributed by atoms with Crippen LogP contribution in [0.1, 0.15) is 17.2 Å². The summed E-state index contributed by atoms with van der Waals surface area (Å²) in [7, 11) is 0.611. The smallest absolute Gasteiger partial charge is 0.241 e. The van der Waals surface area contributed by atoms with E-state index >= 15 is 0 Å². The molecule has 2 aliphatic heterocycles. The van der Waals surface area contributed by atoms with Crippen LogP contribution >= 0.6 is 0 Å². The van der Waals surface area contributed by atoms with Gasteiger partial charge in [0.2, 0.25) is 10.0 Å². The van der Waals surface area contributed by atoms with E-state index in [1.54, 1.807) is 6.07 Å². The van der Waals surface area contributed by atoms with Gasteiger partial charge in [-0.1, -0.05) is 48.5 Å². The molecule has 1 N–H and O–H groups in total. The van der Waals surface area contributed by atoms with Crippen LogP contribution in [0.3, 0.4) is 0 Å². The fraction of sp³-hybridized carbons (Fsp3) is 0.385. The molecule has 174 valence electrons. The minimum absolute atomic E-state index is 0.000317. The molecular weight excluding hydrogens is 432 g/mol. The van der Waals surface area contributed by atoms with E-state index in [4.69, 9.17) is 0 Å². The lowest BCUT2D eigenvalue weighted by atomic mass is 10.0. The van der Waals surface area contributed by atoms with Gasteiger partial charge in [0.1, 0.15) is 0 Å². The first kappa shape index (κ1) is 22.3. The maximum Gasteiger partial charge on any atom is 0.241 e. The standard InChI is InChI=1S/C26H32N4O2S/c1-28-14-16-30(17-15-28)25(21-10-11-24-22(18-21)12-13-29(24)2)19-27-33(31,32)26-9-5-7-20-6-3-4-8-23(20)26/h3-11,18,25,27H,12-17,19H2,1-2H3. The maximum atomic E-state index is 13.4. The molecule has 2 aliphatic rings. The molecule has 33 heavy (non-hydrogen) atoms. The van der Waals surface area contributed by atoms with Gasteiger partial charge in [-0.2, -0.15) is 0 Å². The van der Waals surface area contributed by atoms with Crippen molar-refractivity contribution in [1.82, 2.24) is 14.5 Å². The lowest BCUT2D eigenvalue weighted by molar-refractivity contribution is 0.113. The topological polar surface area (TPSA) is 55.9 Å². The highest BCUT2D eigenvalue weighted by atomic mass is 32.2. The van der Waals surface area contributed by atoms with Crippen LogP contribution < -0.4 is 9.62 Å². The Labute approximate surface area is 196 Å². The molecule has 0 saturated carbocycles. The van der Waals surface area contributed by atoms with Crippen molar-refractivity contribution < 1.29 is 8.42 Å². The Morgan fingerprint density at radius 3 is 2.48 bits per heavy atom. The predicted molar refractivity (Wildman–Crippen MR) is 134 cm³/mol. The highest BCUT2D eigenvalue weighted by Crippen LogP contribution is 2.32. The zero-order valence-corrected chi connectivity index (χ0v) is 20.2. The van der Waals surface area contributed by atoms with Crippen LogP contribution in [0.15, 0.2) is 65.6 Å². The third-order valence-electron chi connectivity index (χ3n) is 7.10. The summed E-state index contributed by atoms with van der Waals surface area (Å²) in [5, 5.41) is 1.68. The van der Waals surface area contributed by atoms with Gasteiger partial charge in [-0.15, -0.1) is 0 Å². The lowest BCUT2D eigenvalue weighted by Gasteiger charge is -2.38. The van der Waals surface area contributed by atoms with E-state index in [1.165, 1.54) is 16.8 Å². The molecule has 1 unspecified atom stereocenters. The third kappa shape index (κ3) is 4.51. The third-order valence-corrected chi connectivity index (χ3v) is 8.58. The second-order valence-electron chi connectivity index (χ2n) is 9.24. The van der Waals surface area contributed by atoms with Crippen molar-refractivity contribution in [3.63, 3.8) is 0 Å². The van der Waals surface area contributed by atoms with Crippen molar-refractivity contribution in [3.8, 4) is 0 Å². The molecule has 6 nitrogen and oxygen atoms in total. The van der Waals surface area contributed by atoms with Crippen LogP contribution in [0.4, 0.5) is 5.69 Å². The molecule has 0 radical (unpaired) electrons. The molecule has 1 atom stereocenters. The summed E-state index contributed by atoms with van der Waals surface area (Å²) in [6.07, 6.45) is 1.04. The molecular formula is C26H32N4O2S. The van der Waals surface area contributed by atoms with Crippen molar-refractivity contribution in [1.29, 1.82) is 0 Å². The molecule has 7 heteroatoms. The van der Waals surface area contributed by atoms with Crippen molar-refractivity contribution in [2.24, 2.45) is 0 Å². The molecule has 0 spiro atoms. The highest BCUT2D eigenvalue weighted by molar-refractivity contribution is 7.89. The Balaban J connectivity index is 1.44. The number of piperazine rings is 1. The second kappa shape index (κ2) is 9.06. The van der Waals surface area contributed by atoms with Crippen LogP contribution in [0, 0.1) is 0 Å². The van der Waals surface area contributed by atoms with E-state index in [0.717, 1.165) is 49.9 Å². The first-order valence-electron chi connectivity index (χ1n) is 11.7. The van der Waals surface area contributed by atoms with Gasteiger partial charge in [0.25, 0.3) is 0 Å². The maximum absolute atomic E-state index is 13.4. The lowest BCUT2D eigenvalue weighted by Crippen LogP contribution is -2.48. The summed E-state index contributed by atoms with van der Waals surface area (Å²) >= 11 is 0. The van der Waals surface area contributed by atoms with Crippen LogP contribution in [-0.4, -0.2) is 71.6 Å². The van der Waals surface area contributed by atoms with Gasteiger partial charge in [-0.05, 0) is 42.1 Å². The summed E-state index contributed by atoms with van der Waals surface area (Å²) < 4.78 is 29.8. The van der Waals surface area contributed by atoms with Crippen LogP contribution in [0.5, 0.6) is 0 Å². The molecule has 1 saturated heterocycles. The van der Waals surface area contributed by atoms with Crippen molar-refractivity contribution in [3.05, 3.63) is 71.8 Å². The molecule has 5 rings (SSSR count). The van der Waals surface area contributed by atoms with Gasteiger partial charge in [0, 0.05) is 63.4 Å². The summed E-state index contributed by atoms with van der Waals surface area (Å²) in [6.45, 7) is 5.21. The Morgan fingerprint density at radius 1 is 0.909 bits per heavy atom. The number of nitrogens with one attached hydrogen (secondary N) is 1. The van der Waals surface area contributed by atoms with Crippen LogP contribution in [0.2, 0.25) is 0 Å². The van der Waals surface area contributed by atoms with Gasteiger partial charge in [0.05, 0.1) is 4.90 Å². The minimum atomic E-state index is -3.65. The van der Waals surface area contributed by atoms with Gasteiger partial charge in [0.15, 0.2) is 0 Å². The van der Waals surface area contributed by atoms with Crippen LogP contribution in [0.25, 0.3) is 10.8 Å². The van der Waals surface area contributed by atoms with E-state index in [0.29, 0.717) is 11.4 Å². The Hall–Kier alpha value is -2.45. The Kier molecular flexibility index (Phi) is 6.14. The number of benzene rings is 3. The molecule has 0 aliphatic carbocycles. The molecule has 1 fully saturated rings. The number of hydrogen-bond acceptors (Lipinski definition) is 5. The number of nitrogens with zero attached hydrogens (tertiary/aromatic N) is 3. The zero-order valence-electron chi connectivity index (χ0n) is 19.4. The minimum Gasteiger partial charge on any atom is -0.374 e. The number of sulfonamides is 1. The summed E-state index contributed by atoms with van der Waals surface area (Å²) in [5.41, 5.74) is 3.83. The number of likely N-dealkylation sites (N-methyl/N-ethyl adjacent to an activating group) is 2. The molecule has 0 aromatic heterocycles. The average Bonchev–Trinajstić information content (AvgIpc) is 3.20. The van der Waals surface area contributed by atoms with Gasteiger partial charge >= 0.3 is 0 Å². The normalized spacial score (nSPS) is 18.5. The fourth-order valence-corrected chi connectivity index (χ4v) is 6.35. The largest absolute Gasteiger partial charge is 0.374 e. The summed E-state index contributed by atoms with van der Waals surface area (Å²) in [5.74, 6) is 0. The molecule has 3 aromatic rings. The molecule has 2 heterocycles. The Morgan fingerprint density at radius 2 is 1.67 bits per heavy atom. The van der Waals surface area contributed by atoms with Gasteiger partial charge < -0.3 is 9.80 Å². The van der Waals surface area contributed by atoms with Gasteiger partial charge in [-0.3, -0.25) is 4.90 Å². The SMILES string of the molecule is CN1CCN(C(CNS(=O)(=O)c2cccc3ccccc23)c2ccc3c(c2)CCN3C)CC1. The van der Waals surface area contributed by atoms with E-state index in [9.17, 15) is 8.42 Å². The molecule has 0 amide bonds. The fourth-order valence-electron chi connectivity index (χ4n) is 5.08. The van der Waals surface area contributed by atoms with E-state index < -0.39 is 10.0 Å². The Bertz CT molecular complexity index is 1250. The van der Waals surface area contributed by atoms with Crippen molar-refractivity contribution in [2.45, 2.75) is 17.4 Å². The molecule has 0 bridgehead atoms. The quantitative estimate of drug-likeness (QED) is 0.608. The van der Waals surface area contributed by atoms with Crippen molar-refractivity contribution >= 4 is 26.5 Å². The average molecular weight is 465 g/mol. The van der Waals surface area contributed by atoms with Gasteiger partial charge in [-0.25, -0.2) is 13.1 Å². The van der Waals surface area contributed by atoms with E-state index in [-0.39, 0.29) is 6.04 Å². The first-order valence-corrected chi connectivity index (χ1v) is 13.1. The first-order chi connectivity index (χ1) is 15.9. The van der Waals surface area contributed by atoms with E-state index in [2.05, 4.69) is 51.7 Å². The molecule has 3 aromatic carbocycles. The second-order valence-corrected chi connectivity index (χ2v) is 11.0. The van der Waals surface area contributed by atoms with E-state index in [1.807, 2.05) is 36.4 Å². The summed E-state index contributed by atoms with van der Waals surface area (Å²) in [4.78, 5) is 7.37. The highest BCUT2D eigenvalue weighted by Gasteiger charge is 2.28. The monoisotopic (exact) mass is 464 g/mol. The predicted octanol–water partition coefficient (Wildman–Crippen LogP) is 3.10. The van der Waals surface area contributed by atoms with Crippen molar-refractivity contribution in [2.75, 3.05) is 58.3 Å².